The van der Waals surface area contributed by atoms with Crippen molar-refractivity contribution in [3.8, 4) is 0 Å². The number of carbonyl (C=O) groups excluding carboxylic acids is 2. The number of nitrogens with two attached hydrogens (primary N) is 1. The smallest absolute Gasteiger partial charge is 0.330 e. The average Bonchev–Trinajstić information content (AvgIpc) is 3.03. The van der Waals surface area contributed by atoms with Crippen LogP contribution in [0.1, 0.15) is 65.2 Å². The summed E-state index contributed by atoms with van der Waals surface area (Å²) in [5.41, 5.74) is 7.71. The molecule has 0 heterocycles. The predicted octanol–water partition coefficient (Wildman–Crippen LogP) is 3.64. The van der Waals surface area contributed by atoms with E-state index in [1.165, 1.54) is 12.7 Å². The first-order valence-corrected chi connectivity index (χ1v) is 11.5. The van der Waals surface area contributed by atoms with Crippen LogP contribution in [0.5, 0.6) is 0 Å². The number of carbonyl (C=O) groups is 2. The molecule has 4 rings (SSSR count). The molecule has 166 valence electrons. The lowest BCUT2D eigenvalue weighted by molar-refractivity contribution is -0.136. The van der Waals surface area contributed by atoms with Crippen LogP contribution in [-0.2, 0) is 19.2 Å². The van der Waals surface area contributed by atoms with Crippen molar-refractivity contribution in [3.05, 3.63) is 11.6 Å². The first-order valence-electron chi connectivity index (χ1n) is 11.5. The molecular weight excluding hydrogens is 380 g/mol. The largest absolute Gasteiger partial charge is 0.466 e. The number of ether oxygens (including phenoxy) is 1. The van der Waals surface area contributed by atoms with Gasteiger partial charge in [0, 0.05) is 24.5 Å². The monoisotopic (exact) mass is 416 g/mol. The van der Waals surface area contributed by atoms with Crippen LogP contribution in [-0.4, -0.2) is 37.7 Å². The Balaban J connectivity index is 1.67. The van der Waals surface area contributed by atoms with Crippen molar-refractivity contribution in [1.29, 1.82) is 0 Å². The second-order valence-corrected chi connectivity index (χ2v) is 10.3. The third-order valence-electron chi connectivity index (χ3n) is 9.01. The molecule has 4 aliphatic carbocycles. The summed E-state index contributed by atoms with van der Waals surface area (Å²) in [6.07, 6.45) is 9.25. The van der Waals surface area contributed by atoms with Crippen molar-refractivity contribution in [2.24, 2.45) is 45.4 Å². The Labute approximate surface area is 179 Å². The Morgan fingerprint density at radius 1 is 1.20 bits per heavy atom. The number of allylic oxidation sites excluding steroid dienone is 1. The molecule has 6 heteroatoms. The van der Waals surface area contributed by atoms with E-state index in [-0.39, 0.29) is 22.7 Å². The van der Waals surface area contributed by atoms with Crippen molar-refractivity contribution in [3.63, 3.8) is 0 Å². The summed E-state index contributed by atoms with van der Waals surface area (Å²) in [6, 6.07) is 0. The van der Waals surface area contributed by atoms with Crippen LogP contribution in [0.15, 0.2) is 16.8 Å². The molecule has 6 atom stereocenters. The van der Waals surface area contributed by atoms with Gasteiger partial charge in [-0.25, -0.2) is 4.79 Å². The SMILES string of the molecule is COC(=O)/C=C1\C[C@@H]2[C@H](CC[C@]3(C)C(=O)CC[C@@H]23)[C@@]2(C)CC/C(=N\OCCN)C[C@H]12. The molecule has 4 saturated carbocycles. The number of hydrogen-bond donors (Lipinski definition) is 1. The summed E-state index contributed by atoms with van der Waals surface area (Å²) in [5.74, 6) is 1.94. The third-order valence-corrected chi connectivity index (χ3v) is 9.01. The van der Waals surface area contributed by atoms with Gasteiger partial charge in [-0.2, -0.15) is 0 Å². The van der Waals surface area contributed by atoms with Crippen LogP contribution in [0.3, 0.4) is 0 Å². The van der Waals surface area contributed by atoms with Crippen molar-refractivity contribution in [1.82, 2.24) is 0 Å². The maximum Gasteiger partial charge on any atom is 0.330 e. The van der Waals surface area contributed by atoms with Gasteiger partial charge in [0.25, 0.3) is 0 Å². The number of nitrogens with zero attached hydrogens (tertiary/aromatic N) is 1. The first kappa shape index (κ1) is 21.5. The fourth-order valence-corrected chi connectivity index (χ4v) is 7.38. The van der Waals surface area contributed by atoms with Gasteiger partial charge in [0.2, 0.25) is 0 Å². The Hall–Kier alpha value is -1.69. The van der Waals surface area contributed by atoms with Gasteiger partial charge in [0.1, 0.15) is 12.4 Å². The highest BCUT2D eigenvalue weighted by atomic mass is 16.6. The second kappa shape index (κ2) is 8.10. The maximum absolute atomic E-state index is 12.7. The Morgan fingerprint density at radius 2 is 2.00 bits per heavy atom. The molecule has 0 spiro atoms. The fraction of sp³-hybridized carbons (Fsp3) is 0.792. The van der Waals surface area contributed by atoms with Crippen LogP contribution in [0.2, 0.25) is 0 Å². The van der Waals surface area contributed by atoms with Gasteiger partial charge in [0.05, 0.1) is 12.8 Å². The zero-order valence-corrected chi connectivity index (χ0v) is 18.6. The highest BCUT2D eigenvalue weighted by molar-refractivity contribution is 5.88. The molecule has 0 radical (unpaired) electrons. The standard InChI is InChI=1S/C24H36N2O4/c1-23-8-6-16(26-30-11-10-25)14-20(23)15(13-22(28)29-3)12-17-18-4-5-21(27)24(18,2)9-7-19(17)23/h13,17-20H,4-12,14,25H2,1-3H3/b15-13+,26-16+/t17-,18-,19-,20+,23+,24-/m0/s1. The molecular formula is C24H36N2O4. The second-order valence-electron chi connectivity index (χ2n) is 10.3. The van der Waals surface area contributed by atoms with Crippen LogP contribution >= 0.6 is 0 Å². The summed E-state index contributed by atoms with van der Waals surface area (Å²) < 4.78 is 4.99. The van der Waals surface area contributed by atoms with Gasteiger partial charge in [-0.15, -0.1) is 0 Å². The summed E-state index contributed by atoms with van der Waals surface area (Å²) in [5, 5.41) is 4.36. The number of fused-ring (bicyclic) bond motifs is 5. The van der Waals surface area contributed by atoms with Gasteiger partial charge in [-0.3, -0.25) is 4.79 Å². The van der Waals surface area contributed by atoms with Crippen molar-refractivity contribution in [2.75, 3.05) is 20.3 Å². The van der Waals surface area contributed by atoms with Gasteiger partial charge in [-0.05, 0) is 74.0 Å². The molecule has 0 bridgehead atoms. The number of Topliss-reactive ketones (excluding diaryl/α,β-unsaturated/α-hetero) is 1. The molecule has 0 aromatic heterocycles. The molecule has 0 aromatic rings. The Bertz CT molecular complexity index is 775. The van der Waals surface area contributed by atoms with Crippen LogP contribution < -0.4 is 5.73 Å². The van der Waals surface area contributed by atoms with Crippen LogP contribution in [0.25, 0.3) is 0 Å². The van der Waals surface area contributed by atoms with E-state index in [0.29, 0.717) is 36.7 Å². The summed E-state index contributed by atoms with van der Waals surface area (Å²) in [7, 11) is 1.44. The highest BCUT2D eigenvalue weighted by Crippen LogP contribution is 2.66. The molecule has 4 aliphatic rings. The highest BCUT2D eigenvalue weighted by Gasteiger charge is 2.61. The molecule has 0 unspecified atom stereocenters. The molecule has 0 saturated heterocycles. The lowest BCUT2D eigenvalue weighted by Gasteiger charge is -2.60. The van der Waals surface area contributed by atoms with E-state index in [9.17, 15) is 9.59 Å². The Morgan fingerprint density at radius 3 is 2.73 bits per heavy atom. The van der Waals surface area contributed by atoms with Gasteiger partial charge in [-0.1, -0.05) is 24.6 Å². The molecule has 2 N–H and O–H groups in total. The summed E-state index contributed by atoms with van der Waals surface area (Å²) in [4.78, 5) is 30.3. The van der Waals surface area contributed by atoms with Gasteiger partial charge in [0.15, 0.2) is 0 Å². The fourth-order valence-electron chi connectivity index (χ4n) is 7.38. The zero-order chi connectivity index (χ0) is 21.5. The summed E-state index contributed by atoms with van der Waals surface area (Å²) in [6.45, 7) is 5.49. The number of rotatable bonds is 4. The van der Waals surface area contributed by atoms with Crippen molar-refractivity contribution in [2.45, 2.75) is 65.2 Å². The molecule has 30 heavy (non-hydrogen) atoms. The number of ketones is 1. The van der Waals surface area contributed by atoms with Crippen LogP contribution in [0, 0.1) is 34.5 Å². The maximum atomic E-state index is 12.7. The van der Waals surface area contributed by atoms with E-state index >= 15 is 0 Å². The normalized spacial score (nSPS) is 43.1. The molecule has 6 nitrogen and oxygen atoms in total. The molecule has 0 aromatic carbocycles. The van der Waals surface area contributed by atoms with E-state index in [2.05, 4.69) is 19.0 Å². The lowest BCUT2D eigenvalue weighted by atomic mass is 9.44. The number of esters is 1. The van der Waals surface area contributed by atoms with E-state index < -0.39 is 0 Å². The van der Waals surface area contributed by atoms with Crippen molar-refractivity contribution < 1.29 is 19.2 Å². The lowest BCUT2D eigenvalue weighted by Crippen LogP contribution is -2.54. The number of methoxy groups -OCH3 is 1. The quantitative estimate of drug-likeness (QED) is 0.327. The molecule has 0 aliphatic heterocycles. The molecule has 4 fully saturated rings. The van der Waals surface area contributed by atoms with E-state index in [0.717, 1.165) is 57.1 Å². The Kier molecular flexibility index (Phi) is 5.82. The van der Waals surface area contributed by atoms with Crippen LogP contribution in [0.4, 0.5) is 0 Å². The first-order chi connectivity index (χ1) is 14.3. The minimum atomic E-state index is -0.282. The van der Waals surface area contributed by atoms with E-state index in [4.69, 9.17) is 15.3 Å². The van der Waals surface area contributed by atoms with Gasteiger partial charge >= 0.3 is 5.97 Å². The average molecular weight is 417 g/mol. The third kappa shape index (κ3) is 3.41. The minimum absolute atomic E-state index is 0.114. The topological polar surface area (TPSA) is 91.0 Å². The van der Waals surface area contributed by atoms with E-state index in [1.54, 1.807) is 6.08 Å². The summed E-state index contributed by atoms with van der Waals surface area (Å²) >= 11 is 0. The van der Waals surface area contributed by atoms with E-state index in [1.807, 2.05) is 0 Å². The minimum Gasteiger partial charge on any atom is -0.466 e. The zero-order valence-electron chi connectivity index (χ0n) is 18.6. The predicted molar refractivity (Wildman–Crippen MR) is 115 cm³/mol. The van der Waals surface area contributed by atoms with Gasteiger partial charge < -0.3 is 15.3 Å². The molecule has 0 amide bonds. The number of oxime groups is 1. The number of hydrogen-bond acceptors (Lipinski definition) is 6. The van der Waals surface area contributed by atoms with Crippen molar-refractivity contribution >= 4 is 17.5 Å².